The fraction of sp³-hybridized carbons (Fsp3) is 0.333. The van der Waals surface area contributed by atoms with Gasteiger partial charge in [0.1, 0.15) is 6.61 Å². The molecule has 0 aliphatic carbocycles. The van der Waals surface area contributed by atoms with Gasteiger partial charge in [-0.1, -0.05) is 29.8 Å². The van der Waals surface area contributed by atoms with Gasteiger partial charge >= 0.3 is 5.97 Å². The smallest absolute Gasteiger partial charge is 0.332 e. The largest absolute Gasteiger partial charge is 0.480 e. The van der Waals surface area contributed by atoms with Crippen LogP contribution in [0.5, 0.6) is 0 Å². The molecule has 1 aliphatic heterocycles. The molecule has 0 bridgehead atoms. The van der Waals surface area contributed by atoms with Gasteiger partial charge in [-0.2, -0.15) is 0 Å². The zero-order chi connectivity index (χ0) is 11.5. The van der Waals surface area contributed by atoms with Gasteiger partial charge in [-0.25, -0.2) is 9.79 Å². The average molecular weight is 219 g/mol. The number of aryl methyl sites for hydroxylation is 1. The van der Waals surface area contributed by atoms with E-state index in [-0.39, 0.29) is 6.61 Å². The molecule has 0 fully saturated rings. The number of hydrogen-bond acceptors (Lipinski definition) is 3. The summed E-state index contributed by atoms with van der Waals surface area (Å²) in [6, 6.07) is 7.28. The van der Waals surface area contributed by atoms with Gasteiger partial charge in [-0.05, 0) is 12.5 Å². The Kier molecular flexibility index (Phi) is 2.90. The molecule has 1 unspecified atom stereocenters. The standard InChI is InChI=1S/C12H13NO3/c1-8-2-4-9(5-3-8)6-11-13-10(7-16-11)12(14)15/h2-5,10H,6-7H2,1H3,(H,14,15). The van der Waals surface area contributed by atoms with E-state index in [2.05, 4.69) is 4.99 Å². The zero-order valence-electron chi connectivity index (χ0n) is 9.01. The summed E-state index contributed by atoms with van der Waals surface area (Å²) >= 11 is 0. The second kappa shape index (κ2) is 4.35. The Bertz CT molecular complexity index is 422. The van der Waals surface area contributed by atoms with Crippen molar-refractivity contribution in [2.24, 2.45) is 4.99 Å². The first-order valence-corrected chi connectivity index (χ1v) is 5.13. The molecule has 1 aromatic rings. The van der Waals surface area contributed by atoms with Gasteiger partial charge < -0.3 is 9.84 Å². The van der Waals surface area contributed by atoms with Crippen molar-refractivity contribution in [3.63, 3.8) is 0 Å². The molecule has 0 aromatic heterocycles. The third kappa shape index (κ3) is 2.39. The summed E-state index contributed by atoms with van der Waals surface area (Å²) in [5, 5.41) is 8.75. The van der Waals surface area contributed by atoms with Crippen molar-refractivity contribution in [2.45, 2.75) is 19.4 Å². The highest BCUT2D eigenvalue weighted by Gasteiger charge is 2.24. The number of nitrogens with zero attached hydrogens (tertiary/aromatic N) is 1. The summed E-state index contributed by atoms with van der Waals surface area (Å²) in [7, 11) is 0. The zero-order valence-corrected chi connectivity index (χ0v) is 9.01. The van der Waals surface area contributed by atoms with E-state index in [1.807, 2.05) is 31.2 Å². The Morgan fingerprint density at radius 1 is 1.50 bits per heavy atom. The average Bonchev–Trinajstić information content (AvgIpc) is 2.70. The van der Waals surface area contributed by atoms with Gasteiger partial charge in [0, 0.05) is 6.42 Å². The molecule has 0 amide bonds. The number of aliphatic imine (C=N–C) groups is 1. The van der Waals surface area contributed by atoms with Crippen LogP contribution in [0.1, 0.15) is 11.1 Å². The van der Waals surface area contributed by atoms with Gasteiger partial charge in [0.2, 0.25) is 0 Å². The Hall–Kier alpha value is -1.84. The number of ether oxygens (including phenoxy) is 1. The van der Waals surface area contributed by atoms with Crippen molar-refractivity contribution < 1.29 is 14.6 Å². The Morgan fingerprint density at radius 2 is 2.19 bits per heavy atom. The molecule has 1 aliphatic rings. The van der Waals surface area contributed by atoms with Crippen LogP contribution in [0.4, 0.5) is 0 Å². The first-order valence-electron chi connectivity index (χ1n) is 5.13. The van der Waals surface area contributed by atoms with E-state index >= 15 is 0 Å². The molecule has 0 spiro atoms. The molecular weight excluding hydrogens is 206 g/mol. The highest BCUT2D eigenvalue weighted by molar-refractivity contribution is 5.86. The van der Waals surface area contributed by atoms with Crippen LogP contribution in [0.3, 0.4) is 0 Å². The van der Waals surface area contributed by atoms with Gasteiger partial charge in [-0.3, -0.25) is 0 Å². The molecule has 2 rings (SSSR count). The minimum atomic E-state index is -0.932. The van der Waals surface area contributed by atoms with E-state index in [1.165, 1.54) is 5.56 Å². The normalized spacial score (nSPS) is 19.1. The minimum absolute atomic E-state index is 0.149. The lowest BCUT2D eigenvalue weighted by Crippen LogP contribution is -2.18. The van der Waals surface area contributed by atoms with E-state index in [0.29, 0.717) is 12.3 Å². The van der Waals surface area contributed by atoms with Gasteiger partial charge in [-0.15, -0.1) is 0 Å². The van der Waals surface area contributed by atoms with Crippen LogP contribution in [0, 0.1) is 6.92 Å². The van der Waals surface area contributed by atoms with Crippen molar-refractivity contribution in [1.29, 1.82) is 0 Å². The summed E-state index contributed by atoms with van der Waals surface area (Å²) < 4.78 is 5.23. The third-order valence-electron chi connectivity index (χ3n) is 2.47. The van der Waals surface area contributed by atoms with Crippen LogP contribution < -0.4 is 0 Å². The molecule has 84 valence electrons. The predicted molar refractivity (Wildman–Crippen MR) is 59.7 cm³/mol. The number of carbonyl (C=O) groups is 1. The van der Waals surface area contributed by atoms with Crippen molar-refractivity contribution in [2.75, 3.05) is 6.61 Å². The number of aliphatic carboxylic acids is 1. The topological polar surface area (TPSA) is 58.9 Å². The second-order valence-electron chi connectivity index (χ2n) is 3.85. The number of carboxylic acids is 1. The maximum absolute atomic E-state index is 10.7. The fourth-order valence-corrected chi connectivity index (χ4v) is 1.53. The van der Waals surface area contributed by atoms with Crippen LogP contribution in [0.25, 0.3) is 0 Å². The first-order chi connectivity index (χ1) is 7.65. The Morgan fingerprint density at radius 3 is 2.75 bits per heavy atom. The lowest BCUT2D eigenvalue weighted by molar-refractivity contribution is -0.138. The van der Waals surface area contributed by atoms with Gasteiger partial charge in [0.25, 0.3) is 0 Å². The summed E-state index contributed by atoms with van der Waals surface area (Å²) in [6.45, 7) is 2.17. The highest BCUT2D eigenvalue weighted by atomic mass is 16.5. The van der Waals surface area contributed by atoms with E-state index in [4.69, 9.17) is 9.84 Å². The van der Waals surface area contributed by atoms with Crippen molar-refractivity contribution >= 4 is 11.9 Å². The quantitative estimate of drug-likeness (QED) is 0.836. The van der Waals surface area contributed by atoms with Gasteiger partial charge in [0.05, 0.1) is 0 Å². The van der Waals surface area contributed by atoms with Crippen molar-refractivity contribution in [3.8, 4) is 0 Å². The molecule has 4 heteroatoms. The summed E-state index contributed by atoms with van der Waals surface area (Å²) in [5.74, 6) is -0.421. The number of carboxylic acid groups (broad SMARTS) is 1. The summed E-state index contributed by atoms with van der Waals surface area (Å²) in [5.41, 5.74) is 2.27. The minimum Gasteiger partial charge on any atom is -0.480 e. The third-order valence-corrected chi connectivity index (χ3v) is 2.47. The van der Waals surface area contributed by atoms with E-state index in [0.717, 1.165) is 5.56 Å². The van der Waals surface area contributed by atoms with Crippen molar-refractivity contribution in [1.82, 2.24) is 0 Å². The molecule has 0 radical (unpaired) electrons. The fourth-order valence-electron chi connectivity index (χ4n) is 1.53. The maximum Gasteiger partial charge on any atom is 0.332 e. The molecule has 1 N–H and O–H groups in total. The monoisotopic (exact) mass is 219 g/mol. The lowest BCUT2D eigenvalue weighted by atomic mass is 10.1. The molecule has 0 saturated carbocycles. The van der Waals surface area contributed by atoms with E-state index in [1.54, 1.807) is 0 Å². The van der Waals surface area contributed by atoms with Crippen molar-refractivity contribution in [3.05, 3.63) is 35.4 Å². The molecule has 0 saturated heterocycles. The second-order valence-corrected chi connectivity index (χ2v) is 3.85. The van der Waals surface area contributed by atoms with Gasteiger partial charge in [0.15, 0.2) is 11.9 Å². The highest BCUT2D eigenvalue weighted by Crippen LogP contribution is 2.11. The van der Waals surface area contributed by atoms with Crippen LogP contribution in [0.15, 0.2) is 29.3 Å². The van der Waals surface area contributed by atoms with Crippen LogP contribution >= 0.6 is 0 Å². The van der Waals surface area contributed by atoms with Crippen LogP contribution in [-0.4, -0.2) is 29.6 Å². The number of rotatable bonds is 3. The molecule has 1 aromatic carbocycles. The van der Waals surface area contributed by atoms with E-state index in [9.17, 15) is 4.79 Å². The molecular formula is C12H13NO3. The summed E-state index contributed by atoms with van der Waals surface area (Å²) in [6.07, 6.45) is 0.560. The number of benzene rings is 1. The molecule has 16 heavy (non-hydrogen) atoms. The van der Waals surface area contributed by atoms with Crippen LogP contribution in [-0.2, 0) is 16.0 Å². The summed E-state index contributed by atoms with van der Waals surface area (Å²) in [4.78, 5) is 14.7. The number of hydrogen-bond donors (Lipinski definition) is 1. The molecule has 1 heterocycles. The van der Waals surface area contributed by atoms with Crippen LogP contribution in [0.2, 0.25) is 0 Å². The van der Waals surface area contributed by atoms with E-state index < -0.39 is 12.0 Å². The molecule has 1 atom stereocenters. The SMILES string of the molecule is Cc1ccc(CC2=NC(C(=O)O)CO2)cc1. The Labute approximate surface area is 93.6 Å². The first kappa shape index (κ1) is 10.7. The maximum atomic E-state index is 10.7. The molecule has 4 nitrogen and oxygen atoms in total. The lowest BCUT2D eigenvalue weighted by Gasteiger charge is -2.01. The Balaban J connectivity index is 2.03. The predicted octanol–water partition coefficient (Wildman–Crippen LogP) is 1.42.